The summed E-state index contributed by atoms with van der Waals surface area (Å²) in [5, 5.41) is 3.48. The Labute approximate surface area is 122 Å². The predicted molar refractivity (Wildman–Crippen MR) is 73.3 cm³/mol. The second-order valence-corrected chi connectivity index (χ2v) is 6.74. The molecule has 9 heteroatoms. The number of hydrogen-bond donors (Lipinski definition) is 1. The van der Waals surface area contributed by atoms with Crippen LogP contribution in [0.4, 0.5) is 13.2 Å². The van der Waals surface area contributed by atoms with Crippen LogP contribution in [0, 0.1) is 6.92 Å². The molecule has 0 amide bonds. The predicted octanol–water partition coefficient (Wildman–Crippen LogP) is 2.32. The molecular weight excluding hydrogens is 307 g/mol. The van der Waals surface area contributed by atoms with Gasteiger partial charge in [-0.3, -0.25) is 4.68 Å². The Hall–Kier alpha value is -1.09. The zero-order chi connectivity index (χ0) is 16.1. The smallest absolute Gasteiger partial charge is 0.269 e. The largest absolute Gasteiger partial charge is 0.435 e. The third kappa shape index (κ3) is 6.04. The first-order valence-corrected chi connectivity index (χ1v) is 8.40. The van der Waals surface area contributed by atoms with Gasteiger partial charge in [0.05, 0.1) is 5.75 Å². The molecule has 0 aromatic carbocycles. The van der Waals surface area contributed by atoms with Crippen molar-refractivity contribution >= 4 is 10.0 Å². The van der Waals surface area contributed by atoms with E-state index in [0.717, 1.165) is 12.5 Å². The fraction of sp³-hybridized carbons (Fsp3) is 0.750. The third-order valence-corrected chi connectivity index (χ3v) is 4.38. The normalized spacial score (nSPS) is 12.8. The van der Waals surface area contributed by atoms with Crippen LogP contribution < -0.4 is 4.72 Å². The number of nitrogens with one attached hydrogen (secondary N) is 1. The summed E-state index contributed by atoms with van der Waals surface area (Å²) >= 11 is 0. The Morgan fingerprint density at radius 2 is 2.00 bits per heavy atom. The molecule has 0 fully saturated rings. The molecule has 0 unspecified atom stereocenters. The van der Waals surface area contributed by atoms with Gasteiger partial charge in [-0.25, -0.2) is 13.1 Å². The van der Waals surface area contributed by atoms with Gasteiger partial charge in [0.2, 0.25) is 10.0 Å². The number of hydrogen-bond acceptors (Lipinski definition) is 3. The second kappa shape index (κ2) is 7.26. The summed E-state index contributed by atoms with van der Waals surface area (Å²) in [7, 11) is -3.29. The van der Waals surface area contributed by atoms with Gasteiger partial charge in [-0.05, 0) is 25.8 Å². The lowest BCUT2D eigenvalue weighted by atomic mass is 10.3. The molecule has 122 valence electrons. The van der Waals surface area contributed by atoms with Crippen molar-refractivity contribution in [1.82, 2.24) is 14.5 Å². The number of rotatable bonds is 8. The second-order valence-electron chi connectivity index (χ2n) is 4.81. The van der Waals surface area contributed by atoms with E-state index >= 15 is 0 Å². The molecule has 0 aliphatic carbocycles. The Morgan fingerprint density at radius 1 is 1.33 bits per heavy atom. The first-order chi connectivity index (χ1) is 9.65. The van der Waals surface area contributed by atoms with Crippen LogP contribution >= 0.6 is 0 Å². The van der Waals surface area contributed by atoms with Crippen molar-refractivity contribution in [3.63, 3.8) is 0 Å². The van der Waals surface area contributed by atoms with Crippen molar-refractivity contribution in [3.8, 4) is 0 Å². The number of sulfonamides is 1. The highest BCUT2D eigenvalue weighted by Crippen LogP contribution is 2.28. The standard InChI is InChI=1S/C12H20F3N3O2S/c1-3-4-8-21(19,20)16-6-5-7-18-10(2)9-11(17-18)12(13,14)15/h9,16H,3-8H2,1-2H3. The first-order valence-electron chi connectivity index (χ1n) is 6.74. The van der Waals surface area contributed by atoms with E-state index in [1.54, 1.807) is 0 Å². The summed E-state index contributed by atoms with van der Waals surface area (Å²) in [6, 6.07) is 0.978. The highest BCUT2D eigenvalue weighted by molar-refractivity contribution is 7.89. The molecule has 1 N–H and O–H groups in total. The number of halogens is 3. The first kappa shape index (κ1) is 18.0. The van der Waals surface area contributed by atoms with Crippen LogP contribution in [0.3, 0.4) is 0 Å². The Bertz CT molecular complexity index is 553. The average Bonchev–Trinajstić information content (AvgIpc) is 2.74. The Balaban J connectivity index is 2.45. The number of aryl methyl sites for hydroxylation is 2. The molecule has 0 saturated carbocycles. The third-order valence-electron chi connectivity index (χ3n) is 2.91. The molecule has 0 saturated heterocycles. The maximum Gasteiger partial charge on any atom is 0.435 e. The van der Waals surface area contributed by atoms with Crippen molar-refractivity contribution in [2.75, 3.05) is 12.3 Å². The minimum atomic E-state index is -4.46. The molecule has 1 aromatic heterocycles. The summed E-state index contributed by atoms with van der Waals surface area (Å²) < 4.78 is 64.1. The Kier molecular flexibility index (Phi) is 6.21. The van der Waals surface area contributed by atoms with Crippen molar-refractivity contribution < 1.29 is 21.6 Å². The van der Waals surface area contributed by atoms with Crippen LogP contribution in [0.1, 0.15) is 37.6 Å². The SMILES string of the molecule is CCCCS(=O)(=O)NCCCn1nc(C(F)(F)F)cc1C. The zero-order valence-corrected chi connectivity index (χ0v) is 12.9. The molecule has 0 aliphatic rings. The van der Waals surface area contributed by atoms with Gasteiger partial charge in [-0.15, -0.1) is 0 Å². The molecule has 5 nitrogen and oxygen atoms in total. The van der Waals surface area contributed by atoms with Gasteiger partial charge in [-0.1, -0.05) is 13.3 Å². The van der Waals surface area contributed by atoms with E-state index in [1.165, 1.54) is 11.6 Å². The molecule has 0 atom stereocenters. The van der Waals surface area contributed by atoms with E-state index in [1.807, 2.05) is 6.92 Å². The van der Waals surface area contributed by atoms with Crippen molar-refractivity contribution in [2.24, 2.45) is 0 Å². The lowest BCUT2D eigenvalue weighted by Gasteiger charge is -2.07. The van der Waals surface area contributed by atoms with E-state index in [-0.39, 0.29) is 18.8 Å². The van der Waals surface area contributed by atoms with E-state index in [4.69, 9.17) is 0 Å². The van der Waals surface area contributed by atoms with Gasteiger partial charge in [0.1, 0.15) is 0 Å². The minimum absolute atomic E-state index is 0.0719. The summed E-state index contributed by atoms with van der Waals surface area (Å²) in [5.74, 6) is 0.0719. The number of alkyl halides is 3. The molecule has 0 bridgehead atoms. The molecule has 0 radical (unpaired) electrons. The van der Waals surface area contributed by atoms with Gasteiger partial charge in [0, 0.05) is 18.8 Å². The zero-order valence-electron chi connectivity index (χ0n) is 12.1. The van der Waals surface area contributed by atoms with Crippen LogP contribution in [0.25, 0.3) is 0 Å². The summed E-state index contributed by atoms with van der Waals surface area (Å²) in [6.45, 7) is 3.85. The van der Waals surface area contributed by atoms with Gasteiger partial charge in [0.25, 0.3) is 0 Å². The van der Waals surface area contributed by atoms with Crippen molar-refractivity contribution in [1.29, 1.82) is 0 Å². The number of nitrogens with zero attached hydrogens (tertiary/aromatic N) is 2. The van der Waals surface area contributed by atoms with Crippen LogP contribution in [-0.4, -0.2) is 30.5 Å². The monoisotopic (exact) mass is 327 g/mol. The molecule has 0 spiro atoms. The van der Waals surface area contributed by atoms with E-state index in [9.17, 15) is 21.6 Å². The minimum Gasteiger partial charge on any atom is -0.269 e. The molecule has 1 rings (SSSR count). The molecule has 1 heterocycles. The lowest BCUT2D eigenvalue weighted by molar-refractivity contribution is -0.141. The van der Waals surface area contributed by atoms with Crippen molar-refractivity contribution in [2.45, 2.75) is 45.8 Å². The average molecular weight is 327 g/mol. The van der Waals surface area contributed by atoms with Gasteiger partial charge in [-0.2, -0.15) is 18.3 Å². The lowest BCUT2D eigenvalue weighted by Crippen LogP contribution is -2.28. The maximum atomic E-state index is 12.5. The highest BCUT2D eigenvalue weighted by atomic mass is 32.2. The quantitative estimate of drug-likeness (QED) is 0.745. The van der Waals surface area contributed by atoms with Gasteiger partial charge >= 0.3 is 6.18 Å². The molecule has 1 aromatic rings. The van der Waals surface area contributed by atoms with Gasteiger partial charge in [0.15, 0.2) is 5.69 Å². The Morgan fingerprint density at radius 3 is 2.52 bits per heavy atom. The molecule has 0 aliphatic heterocycles. The fourth-order valence-electron chi connectivity index (χ4n) is 1.74. The fourth-order valence-corrected chi connectivity index (χ4v) is 3.01. The van der Waals surface area contributed by atoms with E-state index < -0.39 is 21.9 Å². The topological polar surface area (TPSA) is 64.0 Å². The summed E-state index contributed by atoms with van der Waals surface area (Å²) in [4.78, 5) is 0. The highest BCUT2D eigenvalue weighted by Gasteiger charge is 2.34. The number of unbranched alkanes of at least 4 members (excludes halogenated alkanes) is 1. The summed E-state index contributed by atoms with van der Waals surface area (Å²) in [6.07, 6.45) is -2.71. The number of aromatic nitrogens is 2. The van der Waals surface area contributed by atoms with Crippen LogP contribution in [0.15, 0.2) is 6.07 Å². The molecule has 21 heavy (non-hydrogen) atoms. The van der Waals surface area contributed by atoms with Crippen LogP contribution in [0.5, 0.6) is 0 Å². The van der Waals surface area contributed by atoms with Crippen LogP contribution in [0.2, 0.25) is 0 Å². The van der Waals surface area contributed by atoms with Crippen LogP contribution in [-0.2, 0) is 22.7 Å². The molecular formula is C12H20F3N3O2S. The van der Waals surface area contributed by atoms with E-state index in [0.29, 0.717) is 18.5 Å². The van der Waals surface area contributed by atoms with E-state index in [2.05, 4.69) is 9.82 Å². The van der Waals surface area contributed by atoms with Crippen molar-refractivity contribution in [3.05, 3.63) is 17.5 Å². The maximum absolute atomic E-state index is 12.5. The van der Waals surface area contributed by atoms with Gasteiger partial charge < -0.3 is 0 Å². The summed E-state index contributed by atoms with van der Waals surface area (Å²) in [5.41, 5.74) is -0.528.